The summed E-state index contributed by atoms with van der Waals surface area (Å²) in [5, 5.41) is 12.3. The van der Waals surface area contributed by atoms with Gasteiger partial charge in [0.1, 0.15) is 11.6 Å². The molecule has 2 aromatic carbocycles. The first-order chi connectivity index (χ1) is 15.0. The first kappa shape index (κ1) is 21.7. The quantitative estimate of drug-likeness (QED) is 0.440. The molecule has 1 heterocycles. The van der Waals surface area contributed by atoms with Crippen molar-refractivity contribution >= 4 is 23.6 Å². The molecule has 0 radical (unpaired) electrons. The van der Waals surface area contributed by atoms with Gasteiger partial charge in [0.25, 0.3) is 0 Å². The fourth-order valence-electron chi connectivity index (χ4n) is 3.21. The second-order valence-corrected chi connectivity index (χ2v) is 7.08. The number of carbonyl (C=O) groups excluding carboxylic acids is 1. The summed E-state index contributed by atoms with van der Waals surface area (Å²) in [5.41, 5.74) is 5.65. The highest BCUT2D eigenvalue weighted by molar-refractivity contribution is 5.87. The van der Waals surface area contributed by atoms with E-state index in [0.717, 1.165) is 27.9 Å². The van der Waals surface area contributed by atoms with Gasteiger partial charge < -0.3 is 10.1 Å². The SMILES string of the molecule is CCOC(=O)/C=C/c1cc(C)c(Nc2ccnc(Cc3ccc(C#N)cc3)n2)c(C)c1. The average molecular weight is 412 g/mol. The average Bonchev–Trinajstić information content (AvgIpc) is 2.76. The van der Waals surface area contributed by atoms with E-state index in [1.54, 1.807) is 31.3 Å². The van der Waals surface area contributed by atoms with Crippen LogP contribution in [0.2, 0.25) is 0 Å². The Labute approximate surface area is 182 Å². The predicted molar refractivity (Wildman–Crippen MR) is 121 cm³/mol. The van der Waals surface area contributed by atoms with Crippen molar-refractivity contribution in [2.45, 2.75) is 27.2 Å². The van der Waals surface area contributed by atoms with Crippen LogP contribution in [-0.4, -0.2) is 22.5 Å². The number of benzene rings is 2. The molecular weight excluding hydrogens is 388 g/mol. The fourth-order valence-corrected chi connectivity index (χ4v) is 3.21. The second kappa shape index (κ2) is 10.2. The molecule has 0 saturated heterocycles. The van der Waals surface area contributed by atoms with E-state index < -0.39 is 0 Å². The van der Waals surface area contributed by atoms with Crippen LogP contribution in [0.25, 0.3) is 6.08 Å². The minimum absolute atomic E-state index is 0.351. The molecule has 0 aliphatic rings. The summed E-state index contributed by atoms with van der Waals surface area (Å²) >= 11 is 0. The van der Waals surface area contributed by atoms with Crippen molar-refractivity contribution in [2.24, 2.45) is 0 Å². The topological polar surface area (TPSA) is 87.9 Å². The third kappa shape index (κ3) is 6.00. The number of nitriles is 1. The molecule has 0 spiro atoms. The molecule has 0 saturated carbocycles. The number of hydrogen-bond donors (Lipinski definition) is 1. The summed E-state index contributed by atoms with van der Waals surface area (Å²) in [4.78, 5) is 20.5. The van der Waals surface area contributed by atoms with E-state index in [-0.39, 0.29) is 5.97 Å². The van der Waals surface area contributed by atoms with Gasteiger partial charge in [0.15, 0.2) is 0 Å². The van der Waals surface area contributed by atoms with Crippen molar-refractivity contribution < 1.29 is 9.53 Å². The Morgan fingerprint density at radius 1 is 1.16 bits per heavy atom. The van der Waals surface area contributed by atoms with E-state index in [0.29, 0.717) is 30.2 Å². The Hall–Kier alpha value is -3.98. The second-order valence-electron chi connectivity index (χ2n) is 7.08. The van der Waals surface area contributed by atoms with E-state index >= 15 is 0 Å². The van der Waals surface area contributed by atoms with Gasteiger partial charge in [-0.15, -0.1) is 0 Å². The lowest BCUT2D eigenvalue weighted by atomic mass is 10.0. The van der Waals surface area contributed by atoms with E-state index in [9.17, 15) is 4.79 Å². The van der Waals surface area contributed by atoms with Gasteiger partial charge in [-0.25, -0.2) is 14.8 Å². The number of rotatable bonds is 7. The van der Waals surface area contributed by atoms with Gasteiger partial charge in [-0.2, -0.15) is 5.26 Å². The molecule has 0 atom stereocenters. The van der Waals surface area contributed by atoms with E-state index in [4.69, 9.17) is 10.00 Å². The monoisotopic (exact) mass is 412 g/mol. The summed E-state index contributed by atoms with van der Waals surface area (Å²) in [6, 6.07) is 15.4. The molecule has 1 aromatic heterocycles. The molecule has 0 unspecified atom stereocenters. The normalized spacial score (nSPS) is 10.6. The highest BCUT2D eigenvalue weighted by Crippen LogP contribution is 2.26. The number of carbonyl (C=O) groups is 1. The van der Waals surface area contributed by atoms with Crippen LogP contribution < -0.4 is 5.32 Å². The van der Waals surface area contributed by atoms with Gasteiger partial charge in [-0.05, 0) is 79.4 Å². The maximum Gasteiger partial charge on any atom is 0.330 e. The summed E-state index contributed by atoms with van der Waals surface area (Å²) in [6.07, 6.45) is 5.50. The predicted octanol–water partition coefficient (Wildman–Crippen LogP) is 4.88. The van der Waals surface area contributed by atoms with Crippen molar-refractivity contribution in [3.8, 4) is 6.07 Å². The van der Waals surface area contributed by atoms with Gasteiger partial charge >= 0.3 is 5.97 Å². The molecular formula is C25H24N4O2. The summed E-state index contributed by atoms with van der Waals surface area (Å²) < 4.78 is 4.93. The lowest BCUT2D eigenvalue weighted by molar-refractivity contribution is -0.137. The van der Waals surface area contributed by atoms with Gasteiger partial charge in [0.2, 0.25) is 0 Å². The zero-order valence-corrected chi connectivity index (χ0v) is 17.8. The Kier molecular flexibility index (Phi) is 7.13. The third-order valence-corrected chi connectivity index (χ3v) is 4.66. The Morgan fingerprint density at radius 2 is 1.87 bits per heavy atom. The summed E-state index contributed by atoms with van der Waals surface area (Å²) in [7, 11) is 0. The Bertz CT molecular complexity index is 1120. The van der Waals surface area contributed by atoms with Crippen molar-refractivity contribution in [3.63, 3.8) is 0 Å². The maximum atomic E-state index is 11.5. The molecule has 3 aromatic rings. The standard InChI is InChI=1S/C25H24N4O2/c1-4-31-24(30)10-9-21-13-17(2)25(18(3)14-21)29-22-11-12-27-23(28-22)15-19-5-7-20(16-26)8-6-19/h5-14H,4,15H2,1-3H3,(H,27,28,29)/b10-9+. The molecule has 1 N–H and O–H groups in total. The molecule has 156 valence electrons. The van der Waals surface area contributed by atoms with Crippen molar-refractivity contribution in [1.29, 1.82) is 5.26 Å². The van der Waals surface area contributed by atoms with E-state index in [2.05, 4.69) is 21.4 Å². The molecule has 0 aliphatic heterocycles. The van der Waals surface area contributed by atoms with Crippen LogP contribution in [-0.2, 0) is 16.0 Å². The van der Waals surface area contributed by atoms with Crippen LogP contribution in [0.15, 0.2) is 54.7 Å². The molecule has 0 fully saturated rings. The van der Waals surface area contributed by atoms with Crippen molar-refractivity contribution in [3.05, 3.63) is 88.4 Å². The fraction of sp³-hybridized carbons (Fsp3) is 0.200. The number of nitrogens with one attached hydrogen (secondary N) is 1. The number of anilines is 2. The number of nitrogens with zero attached hydrogens (tertiary/aromatic N) is 3. The van der Waals surface area contributed by atoms with Crippen LogP contribution in [0.3, 0.4) is 0 Å². The largest absolute Gasteiger partial charge is 0.463 e. The van der Waals surface area contributed by atoms with Crippen LogP contribution in [0.4, 0.5) is 11.5 Å². The zero-order chi connectivity index (χ0) is 22.2. The van der Waals surface area contributed by atoms with Crippen LogP contribution in [0.5, 0.6) is 0 Å². The molecule has 6 heteroatoms. The zero-order valence-electron chi connectivity index (χ0n) is 17.8. The summed E-state index contributed by atoms with van der Waals surface area (Å²) in [5.74, 6) is 1.05. The molecule has 3 rings (SSSR count). The molecule has 0 bridgehead atoms. The molecule has 0 aliphatic carbocycles. The van der Waals surface area contributed by atoms with E-state index in [1.165, 1.54) is 6.08 Å². The van der Waals surface area contributed by atoms with E-state index in [1.807, 2.05) is 44.2 Å². The van der Waals surface area contributed by atoms with Crippen molar-refractivity contribution in [2.75, 3.05) is 11.9 Å². The minimum Gasteiger partial charge on any atom is -0.463 e. The Morgan fingerprint density at radius 3 is 2.52 bits per heavy atom. The van der Waals surface area contributed by atoms with Crippen LogP contribution in [0, 0.1) is 25.2 Å². The highest BCUT2D eigenvalue weighted by Gasteiger charge is 2.08. The van der Waals surface area contributed by atoms with Gasteiger partial charge in [0, 0.05) is 24.4 Å². The number of aromatic nitrogens is 2. The molecule has 31 heavy (non-hydrogen) atoms. The number of ether oxygens (including phenoxy) is 1. The van der Waals surface area contributed by atoms with Gasteiger partial charge in [-0.3, -0.25) is 0 Å². The minimum atomic E-state index is -0.351. The Balaban J connectivity index is 1.75. The van der Waals surface area contributed by atoms with Gasteiger partial charge in [0.05, 0.1) is 18.2 Å². The first-order valence-corrected chi connectivity index (χ1v) is 10.0. The lowest BCUT2D eigenvalue weighted by Gasteiger charge is -2.14. The molecule has 6 nitrogen and oxygen atoms in total. The maximum absolute atomic E-state index is 11.5. The smallest absolute Gasteiger partial charge is 0.330 e. The van der Waals surface area contributed by atoms with Crippen molar-refractivity contribution in [1.82, 2.24) is 9.97 Å². The first-order valence-electron chi connectivity index (χ1n) is 10.0. The highest BCUT2D eigenvalue weighted by atomic mass is 16.5. The number of aryl methyl sites for hydroxylation is 2. The van der Waals surface area contributed by atoms with Gasteiger partial charge in [-0.1, -0.05) is 12.1 Å². The lowest BCUT2D eigenvalue weighted by Crippen LogP contribution is -2.03. The third-order valence-electron chi connectivity index (χ3n) is 4.66. The number of esters is 1. The number of hydrogen-bond acceptors (Lipinski definition) is 6. The summed E-state index contributed by atoms with van der Waals surface area (Å²) in [6.45, 7) is 6.16. The molecule has 0 amide bonds. The van der Waals surface area contributed by atoms with Crippen LogP contribution in [0.1, 0.15) is 40.6 Å². The van der Waals surface area contributed by atoms with Crippen LogP contribution >= 0.6 is 0 Å².